The number of carbonyl (C=O) groups excluding carboxylic acids is 2. The van der Waals surface area contributed by atoms with Crippen molar-refractivity contribution in [2.24, 2.45) is 10.9 Å². The number of hydrogen-bond donors (Lipinski definition) is 2. The Morgan fingerprint density at radius 3 is 2.59 bits per heavy atom. The second-order valence-corrected chi connectivity index (χ2v) is 11.0. The van der Waals surface area contributed by atoms with Crippen molar-refractivity contribution >= 4 is 29.0 Å². The molecule has 0 aliphatic carbocycles. The largest absolute Gasteiger partial charge is 0.391 e. The molecule has 2 aliphatic heterocycles. The molecular weight excluding hydrogens is 492 g/mol. The van der Waals surface area contributed by atoms with Crippen LogP contribution in [0.2, 0.25) is 0 Å². The quantitative estimate of drug-likeness (QED) is 0.508. The molecule has 0 radical (unpaired) electrons. The van der Waals surface area contributed by atoms with E-state index in [0.717, 1.165) is 21.7 Å². The van der Waals surface area contributed by atoms with Gasteiger partial charge in [0.25, 0.3) is 5.91 Å². The molecule has 3 aromatic rings. The third-order valence-electron chi connectivity index (χ3n) is 7.10. The molecule has 10 nitrogen and oxygen atoms in total. The molecule has 1 aromatic carbocycles. The van der Waals surface area contributed by atoms with Gasteiger partial charge in [-0.2, -0.15) is 4.98 Å². The first-order chi connectivity index (χ1) is 17.6. The first-order valence-corrected chi connectivity index (χ1v) is 13.2. The molecule has 0 saturated carbocycles. The van der Waals surface area contributed by atoms with Crippen molar-refractivity contribution in [1.29, 1.82) is 0 Å². The van der Waals surface area contributed by atoms with Crippen LogP contribution in [0.4, 0.5) is 0 Å². The van der Waals surface area contributed by atoms with E-state index in [1.807, 2.05) is 50.5 Å². The Balaban J connectivity index is 1.43. The van der Waals surface area contributed by atoms with E-state index in [2.05, 4.69) is 20.4 Å². The summed E-state index contributed by atoms with van der Waals surface area (Å²) in [6.07, 6.45) is -0.461. The summed E-state index contributed by atoms with van der Waals surface area (Å²) < 4.78 is 5.33. The number of β-amino-alcohol motifs (C(OH)–C–C–N with tert-alkyl or cyclic N) is 1. The Morgan fingerprint density at radius 2 is 2.00 bits per heavy atom. The van der Waals surface area contributed by atoms with Gasteiger partial charge in [-0.1, -0.05) is 43.3 Å². The van der Waals surface area contributed by atoms with E-state index >= 15 is 0 Å². The Bertz CT molecular complexity index is 1360. The average Bonchev–Trinajstić information content (AvgIpc) is 3.62. The van der Waals surface area contributed by atoms with Crippen molar-refractivity contribution in [3.63, 3.8) is 0 Å². The predicted octanol–water partition coefficient (Wildman–Crippen LogP) is 2.96. The second-order valence-electron chi connectivity index (χ2n) is 10.2. The molecule has 2 aliphatic rings. The summed E-state index contributed by atoms with van der Waals surface area (Å²) in [5.41, 5.74) is 3.39. The number of aliphatic hydroxyl groups excluding tert-OH is 1. The third kappa shape index (κ3) is 4.46. The molecular formula is C26H30N6O4S. The molecule has 0 bridgehead atoms. The van der Waals surface area contributed by atoms with Crippen molar-refractivity contribution in [3.05, 3.63) is 52.7 Å². The second kappa shape index (κ2) is 9.46. The highest BCUT2D eigenvalue weighted by atomic mass is 32.1. The van der Waals surface area contributed by atoms with Gasteiger partial charge in [-0.15, -0.1) is 11.3 Å². The number of amides is 2. The van der Waals surface area contributed by atoms with Gasteiger partial charge in [0.05, 0.1) is 28.2 Å². The Morgan fingerprint density at radius 1 is 1.27 bits per heavy atom. The molecule has 4 heterocycles. The summed E-state index contributed by atoms with van der Waals surface area (Å²) in [5, 5.41) is 17.3. The van der Waals surface area contributed by atoms with Crippen molar-refractivity contribution < 1.29 is 19.2 Å². The first kappa shape index (κ1) is 25.2. The number of nitrogens with zero attached hydrogens (tertiary/aromatic N) is 5. The average molecular weight is 523 g/mol. The van der Waals surface area contributed by atoms with Crippen LogP contribution in [-0.2, 0) is 15.1 Å². The minimum absolute atomic E-state index is 0.114. The van der Waals surface area contributed by atoms with E-state index in [1.165, 1.54) is 0 Å². The van der Waals surface area contributed by atoms with Gasteiger partial charge in [0, 0.05) is 13.0 Å². The number of aliphatic hydroxyl groups is 1. The summed E-state index contributed by atoms with van der Waals surface area (Å²) in [6.45, 7) is 9.38. The molecule has 2 amide bonds. The maximum absolute atomic E-state index is 13.7. The van der Waals surface area contributed by atoms with E-state index < -0.39 is 23.6 Å². The van der Waals surface area contributed by atoms with Crippen LogP contribution in [0, 0.1) is 19.8 Å². The Kier molecular flexibility index (Phi) is 6.45. The van der Waals surface area contributed by atoms with Gasteiger partial charge < -0.3 is 19.8 Å². The fourth-order valence-electron chi connectivity index (χ4n) is 5.05. The molecule has 11 heteroatoms. The van der Waals surface area contributed by atoms with Crippen LogP contribution in [0.3, 0.4) is 0 Å². The highest BCUT2D eigenvalue weighted by molar-refractivity contribution is 7.13. The highest BCUT2D eigenvalue weighted by Gasteiger charge is 2.48. The van der Waals surface area contributed by atoms with Crippen LogP contribution < -0.4 is 5.32 Å². The molecule has 2 unspecified atom stereocenters. The van der Waals surface area contributed by atoms with Crippen LogP contribution in [0.5, 0.6) is 0 Å². The van der Waals surface area contributed by atoms with Crippen LogP contribution in [0.15, 0.2) is 39.3 Å². The van der Waals surface area contributed by atoms with Gasteiger partial charge in [0.2, 0.25) is 11.8 Å². The number of rotatable bonds is 6. The lowest BCUT2D eigenvalue weighted by Crippen LogP contribution is -2.48. The first-order valence-electron chi connectivity index (χ1n) is 12.3. The minimum atomic E-state index is -1.15. The molecule has 1 fully saturated rings. The van der Waals surface area contributed by atoms with E-state index in [9.17, 15) is 14.7 Å². The van der Waals surface area contributed by atoms with Gasteiger partial charge in [-0.3, -0.25) is 9.59 Å². The zero-order valence-corrected chi connectivity index (χ0v) is 22.2. The summed E-state index contributed by atoms with van der Waals surface area (Å²) in [6, 6.07) is 7.17. The molecule has 2 N–H and O–H groups in total. The molecule has 194 valence electrons. The number of aryl methyl sites for hydroxylation is 2. The molecule has 1 saturated heterocycles. The van der Waals surface area contributed by atoms with Crippen molar-refractivity contribution in [2.45, 2.75) is 64.6 Å². The maximum Gasteiger partial charge on any atom is 0.257 e. The van der Waals surface area contributed by atoms with Crippen molar-refractivity contribution in [2.75, 3.05) is 6.54 Å². The minimum Gasteiger partial charge on any atom is -0.391 e. The maximum atomic E-state index is 13.7. The molecule has 37 heavy (non-hydrogen) atoms. The van der Waals surface area contributed by atoms with Gasteiger partial charge >= 0.3 is 0 Å². The summed E-state index contributed by atoms with van der Waals surface area (Å²) in [7, 11) is 0. The number of carbonyl (C=O) groups is 2. The zero-order chi connectivity index (χ0) is 26.5. The zero-order valence-electron chi connectivity index (χ0n) is 21.4. The topological polar surface area (TPSA) is 134 Å². The smallest absolute Gasteiger partial charge is 0.257 e. The summed E-state index contributed by atoms with van der Waals surface area (Å²) in [5.74, 6) is -0.218. The lowest BCUT2D eigenvalue weighted by atomic mass is 9.91. The third-order valence-corrected chi connectivity index (χ3v) is 8.08. The standard InChI is InChI=1S/C26H30N6O4S/c1-13(2)20(23-28-15(4)31-36-23)24(34)32-11-18(33)10-19(32)22-29-25(35)26(5,30-22)17-8-6-16(7-9-17)21-14(3)27-12-37-21/h6-9,12-13,18-20,33H,10-11H2,1-5H3,(H,29,30,35)/t18-,19+,20?,26?/m1/s1. The van der Waals surface area contributed by atoms with Crippen molar-refractivity contribution in [1.82, 2.24) is 25.3 Å². The molecule has 0 spiro atoms. The number of hydrogen-bond acceptors (Lipinski definition) is 9. The van der Waals surface area contributed by atoms with Gasteiger partial charge in [-0.25, -0.2) is 9.98 Å². The van der Waals surface area contributed by atoms with E-state index in [1.54, 1.807) is 30.1 Å². The van der Waals surface area contributed by atoms with Gasteiger partial charge in [-0.05, 0) is 37.8 Å². The van der Waals surface area contributed by atoms with Gasteiger partial charge in [0.15, 0.2) is 11.4 Å². The van der Waals surface area contributed by atoms with Crippen LogP contribution in [-0.4, -0.2) is 61.5 Å². The van der Waals surface area contributed by atoms with Crippen molar-refractivity contribution in [3.8, 4) is 10.4 Å². The normalized spacial score (nSPS) is 24.5. The SMILES string of the molecule is Cc1noc(C(C(=O)N2C[C@H](O)C[C@H]2C2=NC(C)(c3ccc(-c4scnc4C)cc3)C(=O)N2)C(C)C)n1. The van der Waals surface area contributed by atoms with E-state index in [-0.39, 0.29) is 36.6 Å². The molecule has 5 rings (SSSR count). The number of likely N-dealkylation sites (tertiary alicyclic amines) is 1. The van der Waals surface area contributed by atoms with Gasteiger partial charge in [0.1, 0.15) is 11.8 Å². The highest BCUT2D eigenvalue weighted by Crippen LogP contribution is 2.36. The Hall–Kier alpha value is -3.44. The fraction of sp³-hybridized carbons (Fsp3) is 0.462. The monoisotopic (exact) mass is 522 g/mol. The molecule has 4 atom stereocenters. The number of aromatic nitrogens is 3. The summed E-state index contributed by atoms with van der Waals surface area (Å²) >= 11 is 1.57. The van der Waals surface area contributed by atoms with E-state index in [4.69, 9.17) is 9.52 Å². The predicted molar refractivity (Wildman–Crippen MR) is 138 cm³/mol. The van der Waals surface area contributed by atoms with Crippen LogP contribution >= 0.6 is 11.3 Å². The number of thiazole rings is 1. The number of amidine groups is 1. The fourth-order valence-corrected chi connectivity index (χ4v) is 5.86. The van der Waals surface area contributed by atoms with Crippen LogP contribution in [0.1, 0.15) is 56.1 Å². The lowest BCUT2D eigenvalue weighted by molar-refractivity contribution is -0.134. The lowest BCUT2D eigenvalue weighted by Gasteiger charge is -2.28. The Labute approximate surface area is 218 Å². The number of nitrogens with one attached hydrogen (secondary N) is 1. The summed E-state index contributed by atoms with van der Waals surface area (Å²) in [4.78, 5) is 43.0. The number of benzene rings is 1. The van der Waals surface area contributed by atoms with Crippen LogP contribution in [0.25, 0.3) is 10.4 Å². The van der Waals surface area contributed by atoms with E-state index in [0.29, 0.717) is 11.7 Å². The number of aliphatic imine (C=N–C) groups is 1. The molecule has 2 aromatic heterocycles.